The molecule has 0 radical (unpaired) electrons. The summed E-state index contributed by atoms with van der Waals surface area (Å²) in [5.41, 5.74) is 18.0. The smallest absolute Gasteiger partial charge is 0.0541 e. The van der Waals surface area contributed by atoms with E-state index in [1.54, 1.807) is 0 Å². The highest BCUT2D eigenvalue weighted by molar-refractivity contribution is 7.26. The van der Waals surface area contributed by atoms with E-state index in [9.17, 15) is 0 Å². The molecule has 3 heteroatoms. The maximum Gasteiger partial charge on any atom is 0.0541 e. The van der Waals surface area contributed by atoms with Crippen LogP contribution in [0, 0.1) is 0 Å². The molecule has 8 aromatic carbocycles. The number of anilines is 2. The summed E-state index contributed by atoms with van der Waals surface area (Å²) in [5, 5.41) is 5.19. The first-order chi connectivity index (χ1) is 29.5. The number of allylic oxidation sites excluding steroid dienone is 4. The van der Waals surface area contributed by atoms with Crippen LogP contribution in [0.5, 0.6) is 0 Å². The highest BCUT2D eigenvalue weighted by Crippen LogP contribution is 2.52. The number of fused-ring (bicyclic) bond motifs is 8. The summed E-state index contributed by atoms with van der Waals surface area (Å²) >= 11 is 1.89. The van der Waals surface area contributed by atoms with Gasteiger partial charge in [-0.1, -0.05) is 141 Å². The van der Waals surface area contributed by atoms with Gasteiger partial charge in [0.2, 0.25) is 0 Å². The van der Waals surface area contributed by atoms with Gasteiger partial charge < -0.3 is 9.47 Å². The molecule has 0 N–H and O–H groups in total. The molecule has 0 saturated heterocycles. The Labute approximate surface area is 354 Å². The van der Waals surface area contributed by atoms with E-state index in [0.717, 1.165) is 12.8 Å². The van der Waals surface area contributed by atoms with Crippen LogP contribution in [-0.2, 0) is 5.41 Å². The number of aromatic nitrogens is 1. The quantitative estimate of drug-likeness (QED) is 0.163. The second kappa shape index (κ2) is 13.6. The van der Waals surface area contributed by atoms with E-state index < -0.39 is 0 Å². The van der Waals surface area contributed by atoms with E-state index in [0.29, 0.717) is 0 Å². The summed E-state index contributed by atoms with van der Waals surface area (Å²) < 4.78 is 5.06. The van der Waals surface area contributed by atoms with Crippen molar-refractivity contribution >= 4 is 70.3 Å². The van der Waals surface area contributed by atoms with E-state index >= 15 is 0 Å². The molecule has 0 bridgehead atoms. The third-order valence-electron chi connectivity index (χ3n) is 13.1. The number of hydrogen-bond acceptors (Lipinski definition) is 2. The molecule has 0 atom stereocenters. The molecule has 0 spiro atoms. The molecule has 12 rings (SSSR count). The van der Waals surface area contributed by atoms with Crippen molar-refractivity contribution in [2.75, 3.05) is 4.90 Å². The predicted molar refractivity (Wildman–Crippen MR) is 257 cm³/mol. The van der Waals surface area contributed by atoms with Gasteiger partial charge in [0.1, 0.15) is 0 Å². The van der Waals surface area contributed by atoms with Crippen molar-refractivity contribution in [1.82, 2.24) is 4.57 Å². The number of thiophene rings is 1. The SMILES string of the molecule is CC1(C)C2=C(CCC(N(c3ccc(-c4ccc5c(c4)c4ccccc4n5-c4ccccc4)cc3)c3ccc(-c4cccc5c4sc4ccccc45)cc3)=C2)c2ccccc21. The van der Waals surface area contributed by atoms with Crippen molar-refractivity contribution < 1.29 is 0 Å². The molecular formula is C57H42N2S. The van der Waals surface area contributed by atoms with Gasteiger partial charge in [-0.2, -0.15) is 0 Å². The molecule has 2 heterocycles. The average molecular weight is 787 g/mol. The van der Waals surface area contributed by atoms with Crippen molar-refractivity contribution in [3.05, 3.63) is 217 Å². The van der Waals surface area contributed by atoms with Gasteiger partial charge in [-0.25, -0.2) is 0 Å². The maximum atomic E-state index is 2.51. The van der Waals surface area contributed by atoms with Crippen molar-refractivity contribution in [3.63, 3.8) is 0 Å². The lowest BCUT2D eigenvalue weighted by atomic mass is 9.79. The molecule has 2 nitrogen and oxygen atoms in total. The Balaban J connectivity index is 0.956. The molecular weight excluding hydrogens is 745 g/mol. The van der Waals surface area contributed by atoms with Crippen molar-refractivity contribution in [2.24, 2.45) is 0 Å². The summed E-state index contributed by atoms with van der Waals surface area (Å²) in [5.74, 6) is 0. The second-order valence-electron chi connectivity index (χ2n) is 16.8. The Morgan fingerprint density at radius 3 is 1.95 bits per heavy atom. The zero-order chi connectivity index (χ0) is 40.0. The first-order valence-corrected chi connectivity index (χ1v) is 21.9. The standard InChI is InChI=1S/C57H42N2S/c1-57(2)51-20-9-6-15-45(51)46-33-32-43(36-52(46)57)58(42-30-25-38(26-31-42)44-18-12-19-49-48-17-8-11-22-55(48)60-56(44)49)41-28-23-37(24-29-41)39-27-34-54-50(35-39)47-16-7-10-21-53(47)59(54)40-13-4-3-5-14-40/h3-31,34-36H,32-33H2,1-2H3. The van der Waals surface area contributed by atoms with Crippen LogP contribution >= 0.6 is 11.3 Å². The molecule has 0 aliphatic heterocycles. The summed E-state index contributed by atoms with van der Waals surface area (Å²) in [6.07, 6.45) is 4.50. The van der Waals surface area contributed by atoms with E-state index in [-0.39, 0.29) is 5.41 Å². The minimum absolute atomic E-state index is 0.0534. The highest BCUT2D eigenvalue weighted by atomic mass is 32.1. The minimum Gasteiger partial charge on any atom is -0.314 e. The molecule has 60 heavy (non-hydrogen) atoms. The molecule has 2 aliphatic rings. The molecule has 10 aromatic rings. The zero-order valence-electron chi connectivity index (χ0n) is 33.7. The van der Waals surface area contributed by atoms with Gasteiger partial charge in [0.05, 0.1) is 11.0 Å². The lowest BCUT2D eigenvalue weighted by Crippen LogP contribution is -2.22. The third-order valence-corrected chi connectivity index (χ3v) is 14.4. The normalized spacial score (nSPS) is 14.5. The van der Waals surface area contributed by atoms with Crippen molar-refractivity contribution in [1.29, 1.82) is 0 Å². The van der Waals surface area contributed by atoms with Gasteiger partial charge in [-0.3, -0.25) is 0 Å². The fourth-order valence-electron chi connectivity index (χ4n) is 10.2. The first kappa shape index (κ1) is 35.0. The Morgan fingerprint density at radius 2 is 1.13 bits per heavy atom. The van der Waals surface area contributed by atoms with Crippen molar-refractivity contribution in [2.45, 2.75) is 32.1 Å². The van der Waals surface area contributed by atoms with E-state index in [2.05, 4.69) is 217 Å². The van der Waals surface area contributed by atoms with Crippen LogP contribution in [0.2, 0.25) is 0 Å². The number of para-hydroxylation sites is 2. The third kappa shape index (κ3) is 5.39. The molecule has 2 aromatic heterocycles. The molecule has 0 amide bonds. The molecule has 0 fully saturated rings. The Kier molecular flexibility index (Phi) is 7.92. The van der Waals surface area contributed by atoms with Crippen LogP contribution in [0.25, 0.3) is 75.5 Å². The number of nitrogens with zero attached hydrogens (tertiary/aromatic N) is 2. The average Bonchev–Trinajstić information content (AvgIpc) is 3.92. The largest absolute Gasteiger partial charge is 0.314 e. The summed E-state index contributed by atoms with van der Waals surface area (Å²) in [4.78, 5) is 2.51. The number of benzene rings is 8. The summed E-state index contributed by atoms with van der Waals surface area (Å²) in [7, 11) is 0. The maximum absolute atomic E-state index is 2.51. The fourth-order valence-corrected chi connectivity index (χ4v) is 11.5. The molecule has 0 unspecified atom stereocenters. The van der Waals surface area contributed by atoms with E-state index in [1.165, 1.54) is 109 Å². The summed E-state index contributed by atoms with van der Waals surface area (Å²) in [6.45, 7) is 4.79. The minimum atomic E-state index is -0.0534. The zero-order valence-corrected chi connectivity index (χ0v) is 34.5. The van der Waals surface area contributed by atoms with Crippen LogP contribution in [0.4, 0.5) is 11.4 Å². The van der Waals surface area contributed by atoms with Crippen molar-refractivity contribution in [3.8, 4) is 27.9 Å². The molecule has 286 valence electrons. The molecule has 2 aliphatic carbocycles. The number of rotatable bonds is 6. The first-order valence-electron chi connectivity index (χ1n) is 21.1. The van der Waals surface area contributed by atoms with Crippen LogP contribution in [0.15, 0.2) is 205 Å². The van der Waals surface area contributed by atoms with Gasteiger partial charge in [0.15, 0.2) is 0 Å². The number of hydrogen-bond donors (Lipinski definition) is 0. The Bertz CT molecular complexity index is 3380. The van der Waals surface area contributed by atoms with Gasteiger partial charge >= 0.3 is 0 Å². The molecule has 0 saturated carbocycles. The van der Waals surface area contributed by atoms with E-state index in [4.69, 9.17) is 0 Å². The monoisotopic (exact) mass is 786 g/mol. The van der Waals surface area contributed by atoms with E-state index in [1.807, 2.05) is 11.3 Å². The second-order valence-corrected chi connectivity index (χ2v) is 17.9. The van der Waals surface area contributed by atoms with Gasteiger partial charge in [0, 0.05) is 59.1 Å². The van der Waals surface area contributed by atoms with Crippen LogP contribution in [0.3, 0.4) is 0 Å². The topological polar surface area (TPSA) is 8.17 Å². The van der Waals surface area contributed by atoms with Crippen LogP contribution < -0.4 is 4.90 Å². The summed E-state index contributed by atoms with van der Waals surface area (Å²) in [6, 6.07) is 69.5. The highest BCUT2D eigenvalue weighted by Gasteiger charge is 2.38. The van der Waals surface area contributed by atoms with Gasteiger partial charge in [0.25, 0.3) is 0 Å². The fraction of sp³-hybridized carbons (Fsp3) is 0.0877. The Morgan fingerprint density at radius 1 is 0.500 bits per heavy atom. The van der Waals surface area contributed by atoms with Gasteiger partial charge in [-0.05, 0) is 124 Å². The lowest BCUT2D eigenvalue weighted by Gasteiger charge is -2.33. The predicted octanol–water partition coefficient (Wildman–Crippen LogP) is 16.0. The Hall–Kier alpha value is -6.94. The van der Waals surface area contributed by atoms with Crippen LogP contribution in [0.1, 0.15) is 37.8 Å². The lowest BCUT2D eigenvalue weighted by molar-refractivity contribution is 0.648. The van der Waals surface area contributed by atoms with Gasteiger partial charge in [-0.15, -0.1) is 11.3 Å². The van der Waals surface area contributed by atoms with Crippen LogP contribution in [-0.4, -0.2) is 4.57 Å².